The van der Waals surface area contributed by atoms with Crippen molar-refractivity contribution in [2.45, 2.75) is 43.3 Å². The predicted octanol–water partition coefficient (Wildman–Crippen LogP) is 3.70. The summed E-state index contributed by atoms with van der Waals surface area (Å²) in [6.45, 7) is 7.84. The average Bonchev–Trinajstić information content (AvgIpc) is 2.74. The number of aliphatic hydroxyl groups excluding tert-OH is 1. The monoisotopic (exact) mass is 376 g/mol. The first-order valence-electron chi connectivity index (χ1n) is 9.50. The first-order chi connectivity index (χ1) is 13.6. The number of hydrogen-bond donors (Lipinski definition) is 2. The minimum absolute atomic E-state index is 0.155. The van der Waals surface area contributed by atoms with Gasteiger partial charge in [0, 0.05) is 5.56 Å². The first-order valence-corrected chi connectivity index (χ1v) is 9.50. The van der Waals surface area contributed by atoms with E-state index >= 15 is 0 Å². The summed E-state index contributed by atoms with van der Waals surface area (Å²) in [6.07, 6.45) is 8.26. The van der Waals surface area contributed by atoms with Gasteiger partial charge in [-0.1, -0.05) is 37.4 Å². The number of benzene rings is 1. The van der Waals surface area contributed by atoms with Crippen LogP contribution in [0.25, 0.3) is 0 Å². The minimum Gasteiger partial charge on any atom is -0.454 e. The molecule has 0 amide bonds. The van der Waals surface area contributed by atoms with Crippen LogP contribution >= 0.6 is 0 Å². The Hall–Kier alpha value is -2.99. The lowest BCUT2D eigenvalue weighted by Gasteiger charge is -2.33. The van der Waals surface area contributed by atoms with E-state index in [1.807, 2.05) is 12.1 Å². The molecule has 1 aliphatic carbocycles. The Kier molecular flexibility index (Phi) is 4.73. The molecule has 1 saturated carbocycles. The zero-order chi connectivity index (χ0) is 19.7. The Morgan fingerprint density at radius 3 is 2.39 bits per heavy atom. The summed E-state index contributed by atoms with van der Waals surface area (Å²) in [7, 11) is 0. The molecule has 1 fully saturated rings. The van der Waals surface area contributed by atoms with Gasteiger partial charge >= 0.3 is 0 Å². The molecule has 0 bridgehead atoms. The number of ether oxygens (including phenoxy) is 1. The maximum Gasteiger partial charge on any atom is 0.246 e. The van der Waals surface area contributed by atoms with Crippen LogP contribution in [-0.4, -0.2) is 32.5 Å². The molecular weight excluding hydrogens is 352 g/mol. The second-order valence-electron chi connectivity index (χ2n) is 7.30. The number of fused-ring (bicyclic) bond motifs is 1. The lowest BCUT2D eigenvalue weighted by molar-refractivity contribution is 0.122. The molecule has 2 aliphatic rings. The number of hydrogen-bond acceptors (Lipinski definition) is 6. The molecule has 0 spiro atoms. The maximum absolute atomic E-state index is 9.73. The molecule has 1 aromatic heterocycles. The van der Waals surface area contributed by atoms with Crippen molar-refractivity contribution in [2.75, 3.05) is 5.73 Å². The van der Waals surface area contributed by atoms with Crippen molar-refractivity contribution in [3.8, 4) is 5.88 Å². The summed E-state index contributed by atoms with van der Waals surface area (Å²) in [5.74, 6) is 1.06. The molecule has 144 valence electrons. The number of aromatic nitrogens is 2. The zero-order valence-corrected chi connectivity index (χ0v) is 15.7. The Morgan fingerprint density at radius 2 is 1.75 bits per heavy atom. The Morgan fingerprint density at radius 1 is 1.07 bits per heavy atom. The second kappa shape index (κ2) is 7.20. The molecule has 3 N–H and O–H groups in total. The highest BCUT2D eigenvalue weighted by Gasteiger charge is 2.38. The van der Waals surface area contributed by atoms with Gasteiger partial charge in [-0.25, -0.2) is 9.98 Å². The van der Waals surface area contributed by atoms with Crippen LogP contribution in [0.5, 0.6) is 5.88 Å². The zero-order valence-electron chi connectivity index (χ0n) is 15.7. The normalized spacial score (nSPS) is 23.1. The molecule has 28 heavy (non-hydrogen) atoms. The van der Waals surface area contributed by atoms with Crippen LogP contribution in [-0.2, 0) is 0 Å². The second-order valence-corrected chi connectivity index (χ2v) is 7.30. The van der Waals surface area contributed by atoms with Crippen LogP contribution in [0.4, 0.5) is 11.5 Å². The largest absolute Gasteiger partial charge is 0.454 e. The molecule has 4 rings (SSSR count). The number of nitrogens with zero attached hydrogens (tertiary/aromatic N) is 3. The standard InChI is InChI=1S/C22H24N4O2/c1-3-22(4-2)19(26-18-20(23)24-13-25-21(18)28-22)16-7-5-14(6-8-16)15-9-11-17(27)12-10-15/h3-8,13,15,17,27H,1-2,9-12H2,(H2,23,24,25). The lowest BCUT2D eigenvalue weighted by Crippen LogP contribution is -2.43. The van der Waals surface area contributed by atoms with Crippen LogP contribution < -0.4 is 10.5 Å². The molecule has 1 aromatic carbocycles. The van der Waals surface area contributed by atoms with Crippen LogP contribution in [0.1, 0.15) is 42.7 Å². The summed E-state index contributed by atoms with van der Waals surface area (Å²) in [6, 6.07) is 8.32. The van der Waals surface area contributed by atoms with Gasteiger partial charge in [-0.15, -0.1) is 0 Å². The van der Waals surface area contributed by atoms with E-state index in [1.165, 1.54) is 11.9 Å². The summed E-state index contributed by atoms with van der Waals surface area (Å²) in [5, 5.41) is 9.73. The van der Waals surface area contributed by atoms with E-state index in [4.69, 9.17) is 15.5 Å². The fourth-order valence-corrected chi connectivity index (χ4v) is 3.94. The minimum atomic E-state index is -0.996. The third kappa shape index (κ3) is 3.10. The van der Waals surface area contributed by atoms with E-state index in [1.54, 1.807) is 12.2 Å². The Labute approximate surface area is 164 Å². The Bertz CT molecular complexity index is 920. The fourth-order valence-electron chi connectivity index (χ4n) is 3.94. The molecule has 6 heteroatoms. The molecule has 6 nitrogen and oxygen atoms in total. The van der Waals surface area contributed by atoms with Crippen molar-refractivity contribution < 1.29 is 9.84 Å². The molecule has 0 saturated heterocycles. The summed E-state index contributed by atoms with van der Waals surface area (Å²) >= 11 is 0. The smallest absolute Gasteiger partial charge is 0.246 e. The molecule has 2 aromatic rings. The SMILES string of the molecule is C=CC1(C=C)Oc2ncnc(N)c2N=C1c1ccc(C2CCC(O)CC2)cc1. The third-order valence-electron chi connectivity index (χ3n) is 5.64. The van der Waals surface area contributed by atoms with E-state index in [0.717, 1.165) is 31.2 Å². The number of aliphatic hydroxyl groups is 1. The van der Waals surface area contributed by atoms with Gasteiger partial charge in [-0.2, -0.15) is 4.98 Å². The summed E-state index contributed by atoms with van der Waals surface area (Å²) < 4.78 is 6.10. The topological polar surface area (TPSA) is 93.6 Å². The van der Waals surface area contributed by atoms with Gasteiger partial charge < -0.3 is 15.6 Å². The van der Waals surface area contributed by atoms with E-state index in [0.29, 0.717) is 23.2 Å². The molecule has 0 radical (unpaired) electrons. The molecule has 0 unspecified atom stereocenters. The van der Waals surface area contributed by atoms with Gasteiger partial charge in [0.25, 0.3) is 0 Å². The third-order valence-corrected chi connectivity index (χ3v) is 5.64. The van der Waals surface area contributed by atoms with Crippen molar-refractivity contribution in [3.05, 3.63) is 67.0 Å². The van der Waals surface area contributed by atoms with E-state index < -0.39 is 5.60 Å². The van der Waals surface area contributed by atoms with Crippen LogP contribution in [0.3, 0.4) is 0 Å². The highest BCUT2D eigenvalue weighted by molar-refractivity contribution is 6.12. The first kappa shape index (κ1) is 18.4. The summed E-state index contributed by atoms with van der Waals surface area (Å²) in [5.41, 5.74) is 8.22. The summed E-state index contributed by atoms with van der Waals surface area (Å²) in [4.78, 5) is 12.9. The van der Waals surface area contributed by atoms with Gasteiger partial charge in [0.05, 0.1) is 6.10 Å². The number of aliphatic imine (C=N–C) groups is 1. The van der Waals surface area contributed by atoms with Crippen molar-refractivity contribution in [3.63, 3.8) is 0 Å². The number of rotatable bonds is 4. The van der Waals surface area contributed by atoms with Crippen LogP contribution in [0.15, 0.2) is 60.9 Å². The predicted molar refractivity (Wildman–Crippen MR) is 110 cm³/mol. The van der Waals surface area contributed by atoms with Crippen molar-refractivity contribution >= 4 is 17.2 Å². The number of nitrogens with two attached hydrogens (primary N) is 1. The number of anilines is 1. The van der Waals surface area contributed by atoms with Crippen molar-refractivity contribution in [1.82, 2.24) is 9.97 Å². The molecule has 0 atom stereocenters. The quantitative estimate of drug-likeness (QED) is 0.794. The number of nitrogen functional groups attached to an aromatic ring is 1. The van der Waals surface area contributed by atoms with E-state index in [-0.39, 0.29) is 11.9 Å². The van der Waals surface area contributed by atoms with Crippen molar-refractivity contribution in [1.29, 1.82) is 0 Å². The van der Waals surface area contributed by atoms with Gasteiger partial charge in [0.1, 0.15) is 12.0 Å². The van der Waals surface area contributed by atoms with Gasteiger partial charge in [0.2, 0.25) is 5.88 Å². The van der Waals surface area contributed by atoms with Crippen LogP contribution in [0.2, 0.25) is 0 Å². The maximum atomic E-state index is 9.73. The average molecular weight is 376 g/mol. The highest BCUT2D eigenvalue weighted by Crippen LogP contribution is 2.40. The molecule has 2 heterocycles. The van der Waals surface area contributed by atoms with Gasteiger partial charge in [0.15, 0.2) is 17.1 Å². The highest BCUT2D eigenvalue weighted by atomic mass is 16.5. The molecular formula is C22H24N4O2. The molecule has 1 aliphatic heterocycles. The Balaban J connectivity index is 1.72. The van der Waals surface area contributed by atoms with Crippen molar-refractivity contribution in [2.24, 2.45) is 4.99 Å². The van der Waals surface area contributed by atoms with E-state index in [2.05, 4.69) is 35.3 Å². The fraction of sp³-hybridized carbons (Fsp3) is 0.318. The van der Waals surface area contributed by atoms with Crippen LogP contribution in [0, 0.1) is 0 Å². The van der Waals surface area contributed by atoms with Gasteiger partial charge in [-0.3, -0.25) is 0 Å². The van der Waals surface area contributed by atoms with E-state index in [9.17, 15) is 5.11 Å². The lowest BCUT2D eigenvalue weighted by atomic mass is 9.82. The van der Waals surface area contributed by atoms with Gasteiger partial charge in [-0.05, 0) is 49.3 Å².